The lowest BCUT2D eigenvalue weighted by Gasteiger charge is -2.23. The van der Waals surface area contributed by atoms with Crippen LogP contribution in [0.25, 0.3) is 0 Å². The number of benzene rings is 1. The number of likely N-dealkylation sites (tertiary alicyclic amines) is 1. The van der Waals surface area contributed by atoms with Gasteiger partial charge in [-0.2, -0.15) is 0 Å². The van der Waals surface area contributed by atoms with Gasteiger partial charge >= 0.3 is 5.97 Å². The number of ether oxygens (including phenoxy) is 1. The molecule has 1 heterocycles. The van der Waals surface area contributed by atoms with Gasteiger partial charge in [0.1, 0.15) is 0 Å². The van der Waals surface area contributed by atoms with Gasteiger partial charge in [0.05, 0.1) is 12.5 Å². The molecule has 1 atom stereocenters. The number of nitrogens with zero attached hydrogens (tertiary/aromatic N) is 1. The Morgan fingerprint density at radius 2 is 2.25 bits per heavy atom. The quantitative estimate of drug-likeness (QED) is 0.863. The number of methoxy groups -OCH3 is 1. The molecule has 1 aliphatic rings. The Labute approximate surface area is 118 Å². The Morgan fingerprint density at radius 3 is 2.80 bits per heavy atom. The molecule has 2 rings (SSSR count). The third-order valence-electron chi connectivity index (χ3n) is 4.21. The van der Waals surface area contributed by atoms with E-state index in [1.54, 1.807) is 12.1 Å². The molecule has 0 saturated carbocycles. The van der Waals surface area contributed by atoms with E-state index >= 15 is 0 Å². The average Bonchev–Trinajstić information content (AvgIpc) is 2.85. The first-order valence-electron chi connectivity index (χ1n) is 6.82. The van der Waals surface area contributed by atoms with Gasteiger partial charge in [0.25, 0.3) is 0 Å². The predicted molar refractivity (Wildman–Crippen MR) is 74.9 cm³/mol. The van der Waals surface area contributed by atoms with E-state index in [1.807, 2.05) is 13.0 Å². The van der Waals surface area contributed by atoms with Crippen LogP contribution in [0.3, 0.4) is 0 Å². The van der Waals surface area contributed by atoms with E-state index in [0.717, 1.165) is 12.1 Å². The predicted octanol–water partition coefficient (Wildman–Crippen LogP) is 2.09. The average molecular weight is 279 g/mol. The highest BCUT2D eigenvalue weighted by Gasteiger charge is 2.43. The fraction of sp³-hybridized carbons (Fsp3) is 0.533. The third-order valence-corrected chi connectivity index (χ3v) is 4.21. The van der Waals surface area contributed by atoms with Crippen molar-refractivity contribution in [2.24, 2.45) is 5.41 Å². The largest absolute Gasteiger partial charge is 0.504 e. The summed E-state index contributed by atoms with van der Waals surface area (Å²) < 4.78 is 5.09. The van der Waals surface area contributed by atoms with Crippen molar-refractivity contribution in [3.05, 3.63) is 23.8 Å². The second kappa shape index (κ2) is 5.71. The lowest BCUT2D eigenvalue weighted by Crippen LogP contribution is -2.33. The molecule has 1 fully saturated rings. The van der Waals surface area contributed by atoms with Crippen molar-refractivity contribution in [1.29, 1.82) is 0 Å². The highest BCUT2D eigenvalue weighted by molar-refractivity contribution is 5.75. The fourth-order valence-electron chi connectivity index (χ4n) is 2.79. The van der Waals surface area contributed by atoms with Gasteiger partial charge < -0.3 is 14.9 Å². The Morgan fingerprint density at radius 1 is 1.50 bits per heavy atom. The van der Waals surface area contributed by atoms with Crippen LogP contribution in [0.5, 0.6) is 11.5 Å². The van der Waals surface area contributed by atoms with Gasteiger partial charge in [-0.1, -0.05) is 13.0 Å². The zero-order chi connectivity index (χ0) is 14.8. The first-order valence-corrected chi connectivity index (χ1v) is 6.82. The molecule has 20 heavy (non-hydrogen) atoms. The van der Waals surface area contributed by atoms with Crippen LogP contribution < -0.4 is 4.74 Å². The van der Waals surface area contributed by atoms with Gasteiger partial charge in [0.2, 0.25) is 0 Å². The first kappa shape index (κ1) is 14.7. The van der Waals surface area contributed by atoms with Gasteiger partial charge in [-0.05, 0) is 37.1 Å². The smallest absolute Gasteiger partial charge is 0.310 e. The fourth-order valence-corrected chi connectivity index (χ4v) is 2.79. The first-order chi connectivity index (χ1) is 9.50. The van der Waals surface area contributed by atoms with Crippen LogP contribution in [-0.2, 0) is 11.3 Å². The van der Waals surface area contributed by atoms with Crippen LogP contribution >= 0.6 is 0 Å². The van der Waals surface area contributed by atoms with Crippen molar-refractivity contribution in [2.75, 3.05) is 20.2 Å². The summed E-state index contributed by atoms with van der Waals surface area (Å²) in [6.45, 7) is 3.96. The van der Waals surface area contributed by atoms with Gasteiger partial charge in [0, 0.05) is 13.1 Å². The third kappa shape index (κ3) is 2.72. The number of rotatable bonds is 5. The normalized spacial score (nSPS) is 22.9. The van der Waals surface area contributed by atoms with Gasteiger partial charge in [-0.15, -0.1) is 0 Å². The van der Waals surface area contributed by atoms with Crippen LogP contribution in [0, 0.1) is 5.41 Å². The summed E-state index contributed by atoms with van der Waals surface area (Å²) in [5.74, 6) is -0.140. The maximum atomic E-state index is 11.4. The van der Waals surface area contributed by atoms with Crippen LogP contribution in [0.15, 0.2) is 18.2 Å². The maximum Gasteiger partial charge on any atom is 0.310 e. The number of carboxylic acid groups (broad SMARTS) is 1. The molecule has 1 aromatic carbocycles. The molecule has 1 saturated heterocycles. The maximum absolute atomic E-state index is 11.4. The number of carboxylic acids is 1. The Kier molecular flexibility index (Phi) is 4.18. The molecule has 0 spiro atoms. The Bertz CT molecular complexity index is 503. The number of phenols is 1. The van der Waals surface area contributed by atoms with Crippen molar-refractivity contribution in [3.63, 3.8) is 0 Å². The van der Waals surface area contributed by atoms with E-state index in [4.69, 9.17) is 4.74 Å². The highest BCUT2D eigenvalue weighted by Crippen LogP contribution is 2.35. The highest BCUT2D eigenvalue weighted by atomic mass is 16.5. The van der Waals surface area contributed by atoms with Crippen molar-refractivity contribution in [3.8, 4) is 11.5 Å². The van der Waals surface area contributed by atoms with Crippen molar-refractivity contribution in [2.45, 2.75) is 26.3 Å². The lowest BCUT2D eigenvalue weighted by molar-refractivity contribution is -0.148. The summed E-state index contributed by atoms with van der Waals surface area (Å²) in [5.41, 5.74) is 0.401. The van der Waals surface area contributed by atoms with Gasteiger partial charge in [-0.25, -0.2) is 0 Å². The van der Waals surface area contributed by atoms with Crippen LogP contribution in [0.4, 0.5) is 0 Å². The molecular formula is C15H21NO4. The van der Waals surface area contributed by atoms with Crippen molar-refractivity contribution >= 4 is 5.97 Å². The summed E-state index contributed by atoms with van der Waals surface area (Å²) >= 11 is 0. The molecule has 0 bridgehead atoms. The Hall–Kier alpha value is -1.75. The molecule has 1 aromatic rings. The molecular weight excluding hydrogens is 258 g/mol. The van der Waals surface area contributed by atoms with E-state index < -0.39 is 11.4 Å². The van der Waals surface area contributed by atoms with E-state index in [0.29, 0.717) is 31.7 Å². The zero-order valence-corrected chi connectivity index (χ0v) is 11.9. The molecule has 1 aliphatic heterocycles. The summed E-state index contributed by atoms with van der Waals surface area (Å²) in [6, 6.07) is 5.24. The summed E-state index contributed by atoms with van der Waals surface area (Å²) in [6.07, 6.45) is 1.34. The van der Waals surface area contributed by atoms with Crippen LogP contribution in [-0.4, -0.2) is 41.3 Å². The van der Waals surface area contributed by atoms with E-state index in [9.17, 15) is 15.0 Å². The monoisotopic (exact) mass is 279 g/mol. The van der Waals surface area contributed by atoms with Gasteiger partial charge in [-0.3, -0.25) is 9.69 Å². The number of aliphatic carboxylic acids is 1. The molecule has 5 heteroatoms. The lowest BCUT2D eigenvalue weighted by atomic mass is 9.84. The second-order valence-electron chi connectivity index (χ2n) is 5.41. The Balaban J connectivity index is 2.07. The molecule has 0 aromatic heterocycles. The van der Waals surface area contributed by atoms with Gasteiger partial charge in [0.15, 0.2) is 11.5 Å². The number of carbonyl (C=O) groups is 1. The van der Waals surface area contributed by atoms with E-state index in [-0.39, 0.29) is 5.75 Å². The summed E-state index contributed by atoms with van der Waals surface area (Å²) in [7, 11) is 1.52. The molecule has 2 N–H and O–H groups in total. The van der Waals surface area contributed by atoms with Crippen LogP contribution in [0.2, 0.25) is 0 Å². The summed E-state index contributed by atoms with van der Waals surface area (Å²) in [5, 5.41) is 19.0. The number of hydrogen-bond donors (Lipinski definition) is 2. The van der Waals surface area contributed by atoms with Crippen molar-refractivity contribution < 1.29 is 19.7 Å². The minimum absolute atomic E-state index is 0.117. The van der Waals surface area contributed by atoms with Crippen LogP contribution in [0.1, 0.15) is 25.3 Å². The standard InChI is InChI=1S/C15H21NO4/c1-3-15(14(18)19)6-7-16(10-15)9-11-4-5-12(17)13(8-11)20-2/h4-5,8,17H,3,6-7,9-10H2,1-2H3,(H,18,19). The summed E-state index contributed by atoms with van der Waals surface area (Å²) in [4.78, 5) is 13.6. The number of aromatic hydroxyl groups is 1. The minimum Gasteiger partial charge on any atom is -0.504 e. The molecule has 5 nitrogen and oxygen atoms in total. The SMILES string of the molecule is CCC1(C(=O)O)CCN(Cc2ccc(O)c(OC)c2)C1. The molecule has 110 valence electrons. The van der Waals surface area contributed by atoms with Crippen molar-refractivity contribution in [1.82, 2.24) is 4.90 Å². The number of phenolic OH excluding ortho intramolecular Hbond substituents is 1. The molecule has 1 unspecified atom stereocenters. The topological polar surface area (TPSA) is 70.0 Å². The van der Waals surface area contributed by atoms with E-state index in [1.165, 1.54) is 7.11 Å². The molecule has 0 aliphatic carbocycles. The minimum atomic E-state index is -0.703. The zero-order valence-electron chi connectivity index (χ0n) is 11.9. The number of hydrogen-bond acceptors (Lipinski definition) is 4. The second-order valence-corrected chi connectivity index (χ2v) is 5.41. The molecule has 0 amide bonds. The molecule has 0 radical (unpaired) electrons. The van der Waals surface area contributed by atoms with E-state index in [2.05, 4.69) is 4.90 Å².